The second kappa shape index (κ2) is 7.42. The number of ether oxygens (including phenoxy) is 1. The van der Waals surface area contributed by atoms with Crippen molar-refractivity contribution in [3.63, 3.8) is 0 Å². The highest BCUT2D eigenvalue weighted by Gasteiger charge is 2.32. The number of rotatable bonds is 3. The fourth-order valence-corrected chi connectivity index (χ4v) is 4.90. The first-order chi connectivity index (χ1) is 12.3. The van der Waals surface area contributed by atoms with E-state index in [0.29, 0.717) is 16.7 Å². The van der Waals surface area contributed by atoms with E-state index >= 15 is 0 Å². The molecular weight excluding hydrogens is 364 g/mol. The first-order valence-electron chi connectivity index (χ1n) is 8.75. The molecule has 136 valence electrons. The molecule has 3 nitrogen and oxygen atoms in total. The Hall–Kier alpha value is -1.83. The summed E-state index contributed by atoms with van der Waals surface area (Å²) in [6.07, 6.45) is 4.92. The molecule has 1 aromatic carbocycles. The molecule has 5 heteroatoms. The SMILES string of the molecule is COc1ccc(C=Nc2sc3c(c2C#N)CC[C@H](C(C)(C)C)C3)cc1Cl. The normalized spacial score (nSPS) is 17.2. The van der Waals surface area contributed by atoms with Gasteiger partial charge in [0.1, 0.15) is 16.8 Å². The van der Waals surface area contributed by atoms with Crippen molar-refractivity contribution in [2.45, 2.75) is 40.0 Å². The van der Waals surface area contributed by atoms with Crippen LogP contribution in [0.25, 0.3) is 0 Å². The molecule has 2 aromatic rings. The second-order valence-electron chi connectivity index (χ2n) is 7.75. The van der Waals surface area contributed by atoms with Crippen LogP contribution in [0, 0.1) is 22.7 Å². The van der Waals surface area contributed by atoms with Crippen molar-refractivity contribution < 1.29 is 4.74 Å². The molecule has 1 atom stereocenters. The Bertz CT molecular complexity index is 887. The van der Waals surface area contributed by atoms with Crippen LogP contribution < -0.4 is 4.74 Å². The molecule has 0 saturated carbocycles. The van der Waals surface area contributed by atoms with Gasteiger partial charge in [-0.1, -0.05) is 32.4 Å². The Kier molecular flexibility index (Phi) is 5.41. The minimum absolute atomic E-state index is 0.289. The maximum absolute atomic E-state index is 9.64. The molecule has 0 radical (unpaired) electrons. The zero-order valence-electron chi connectivity index (χ0n) is 15.6. The van der Waals surface area contributed by atoms with Crippen LogP contribution in [0.2, 0.25) is 5.02 Å². The summed E-state index contributed by atoms with van der Waals surface area (Å²) in [5, 5.41) is 11.0. The van der Waals surface area contributed by atoms with Gasteiger partial charge in [0.2, 0.25) is 0 Å². The third-order valence-electron chi connectivity index (χ3n) is 5.09. The number of benzene rings is 1. The molecular formula is C21H23ClN2OS. The second-order valence-corrected chi connectivity index (χ2v) is 9.24. The summed E-state index contributed by atoms with van der Waals surface area (Å²) in [4.78, 5) is 5.93. The zero-order valence-corrected chi connectivity index (χ0v) is 17.2. The maximum atomic E-state index is 9.64. The van der Waals surface area contributed by atoms with Crippen LogP contribution in [0.1, 0.15) is 48.8 Å². The van der Waals surface area contributed by atoms with Crippen LogP contribution in [-0.4, -0.2) is 13.3 Å². The average molecular weight is 387 g/mol. The molecule has 26 heavy (non-hydrogen) atoms. The highest BCUT2D eigenvalue weighted by atomic mass is 35.5. The van der Waals surface area contributed by atoms with Gasteiger partial charge in [0, 0.05) is 11.1 Å². The number of aliphatic imine (C=N–C) groups is 1. The molecule has 0 fully saturated rings. The van der Waals surface area contributed by atoms with Gasteiger partial charge in [-0.25, -0.2) is 4.99 Å². The van der Waals surface area contributed by atoms with E-state index in [4.69, 9.17) is 16.3 Å². The van der Waals surface area contributed by atoms with Crippen LogP contribution in [0.15, 0.2) is 23.2 Å². The molecule has 0 amide bonds. The highest BCUT2D eigenvalue weighted by molar-refractivity contribution is 7.16. The third kappa shape index (κ3) is 3.79. The number of nitriles is 1. The Labute approximate surface area is 164 Å². The Morgan fingerprint density at radius 1 is 1.38 bits per heavy atom. The molecule has 3 rings (SSSR count). The van der Waals surface area contributed by atoms with Gasteiger partial charge in [0.15, 0.2) is 0 Å². The number of thiophene rings is 1. The summed E-state index contributed by atoms with van der Waals surface area (Å²) in [6, 6.07) is 7.92. The first kappa shape index (κ1) is 18.9. The van der Waals surface area contributed by atoms with Crippen molar-refractivity contribution in [3.8, 4) is 11.8 Å². The minimum atomic E-state index is 0.289. The average Bonchev–Trinajstić information content (AvgIpc) is 2.96. The molecule has 1 heterocycles. The lowest BCUT2D eigenvalue weighted by atomic mass is 9.72. The molecule has 0 spiro atoms. The zero-order chi connectivity index (χ0) is 18.9. The Morgan fingerprint density at radius 3 is 2.77 bits per heavy atom. The van der Waals surface area contributed by atoms with E-state index in [0.717, 1.165) is 35.4 Å². The van der Waals surface area contributed by atoms with Crippen LogP contribution in [0.5, 0.6) is 5.75 Å². The summed E-state index contributed by atoms with van der Waals surface area (Å²) in [7, 11) is 1.59. The van der Waals surface area contributed by atoms with Crippen LogP contribution in [0.4, 0.5) is 5.00 Å². The number of halogens is 1. The summed E-state index contributed by atoms with van der Waals surface area (Å²) in [6.45, 7) is 6.90. The van der Waals surface area contributed by atoms with Gasteiger partial charge in [0.05, 0.1) is 17.7 Å². The van der Waals surface area contributed by atoms with Gasteiger partial charge in [-0.05, 0) is 59.9 Å². The van der Waals surface area contributed by atoms with Crippen molar-refractivity contribution in [1.82, 2.24) is 0 Å². The number of hydrogen-bond acceptors (Lipinski definition) is 4. The number of hydrogen-bond donors (Lipinski definition) is 0. The van der Waals surface area contributed by atoms with Crippen LogP contribution >= 0.6 is 22.9 Å². The first-order valence-corrected chi connectivity index (χ1v) is 9.95. The fourth-order valence-electron chi connectivity index (χ4n) is 3.41. The van der Waals surface area contributed by atoms with E-state index in [-0.39, 0.29) is 5.41 Å². The molecule has 0 saturated heterocycles. The van der Waals surface area contributed by atoms with E-state index in [1.54, 1.807) is 24.7 Å². The standard InChI is InChI=1S/C21H23ClN2OS/c1-21(2,3)14-6-7-15-16(11-23)20(26-19(15)10-14)24-12-13-5-8-18(25-4)17(22)9-13/h5,8-9,12,14H,6-7,10H2,1-4H3/t14-/m0/s1. The van der Waals surface area contributed by atoms with Gasteiger partial charge >= 0.3 is 0 Å². The van der Waals surface area contributed by atoms with Crippen molar-refractivity contribution in [3.05, 3.63) is 44.8 Å². The number of nitrogens with zero attached hydrogens (tertiary/aromatic N) is 2. The third-order valence-corrected chi connectivity index (χ3v) is 6.55. The number of methoxy groups -OCH3 is 1. The van der Waals surface area contributed by atoms with Crippen molar-refractivity contribution >= 4 is 34.2 Å². The van der Waals surface area contributed by atoms with Crippen molar-refractivity contribution in [2.75, 3.05) is 7.11 Å². The number of fused-ring (bicyclic) bond motifs is 1. The van der Waals surface area contributed by atoms with E-state index in [2.05, 4.69) is 31.8 Å². The molecule has 0 bridgehead atoms. The van der Waals surface area contributed by atoms with Crippen molar-refractivity contribution in [2.24, 2.45) is 16.3 Å². The molecule has 0 unspecified atom stereocenters. The lowest BCUT2D eigenvalue weighted by molar-refractivity contribution is 0.218. The van der Waals surface area contributed by atoms with Gasteiger partial charge in [-0.15, -0.1) is 11.3 Å². The van der Waals surface area contributed by atoms with Crippen LogP contribution in [0.3, 0.4) is 0 Å². The highest BCUT2D eigenvalue weighted by Crippen LogP contribution is 2.44. The van der Waals surface area contributed by atoms with Gasteiger partial charge in [-0.2, -0.15) is 5.26 Å². The van der Waals surface area contributed by atoms with E-state index in [1.807, 2.05) is 18.2 Å². The molecule has 0 N–H and O–H groups in total. The summed E-state index contributed by atoms with van der Waals surface area (Å²) in [5.74, 6) is 1.29. The largest absolute Gasteiger partial charge is 0.495 e. The lowest BCUT2D eigenvalue weighted by Gasteiger charge is -2.33. The Balaban J connectivity index is 1.89. The van der Waals surface area contributed by atoms with Gasteiger partial charge in [-0.3, -0.25) is 0 Å². The Morgan fingerprint density at radius 2 is 2.15 bits per heavy atom. The summed E-state index contributed by atoms with van der Waals surface area (Å²) >= 11 is 7.83. The quantitative estimate of drug-likeness (QED) is 0.591. The fraction of sp³-hybridized carbons (Fsp3) is 0.429. The topological polar surface area (TPSA) is 45.4 Å². The molecule has 0 aliphatic heterocycles. The van der Waals surface area contributed by atoms with E-state index in [9.17, 15) is 5.26 Å². The van der Waals surface area contributed by atoms with E-state index in [1.165, 1.54) is 10.4 Å². The molecule has 1 aliphatic rings. The minimum Gasteiger partial charge on any atom is -0.495 e. The molecule has 1 aliphatic carbocycles. The van der Waals surface area contributed by atoms with Crippen molar-refractivity contribution in [1.29, 1.82) is 5.26 Å². The summed E-state index contributed by atoms with van der Waals surface area (Å²) < 4.78 is 5.17. The maximum Gasteiger partial charge on any atom is 0.137 e. The van der Waals surface area contributed by atoms with Gasteiger partial charge in [0.25, 0.3) is 0 Å². The van der Waals surface area contributed by atoms with Gasteiger partial charge < -0.3 is 4.74 Å². The predicted molar refractivity (Wildman–Crippen MR) is 109 cm³/mol. The monoisotopic (exact) mass is 386 g/mol. The molecule has 1 aromatic heterocycles. The van der Waals surface area contributed by atoms with E-state index < -0.39 is 0 Å². The summed E-state index contributed by atoms with van der Waals surface area (Å²) in [5.41, 5.74) is 3.13. The lowest BCUT2D eigenvalue weighted by Crippen LogP contribution is -2.26. The smallest absolute Gasteiger partial charge is 0.137 e. The van der Waals surface area contributed by atoms with Crippen LogP contribution in [-0.2, 0) is 12.8 Å². The predicted octanol–water partition coefficient (Wildman–Crippen LogP) is 6.18.